The van der Waals surface area contributed by atoms with Gasteiger partial charge in [-0.1, -0.05) is 12.1 Å². The molecule has 1 aromatic rings. The highest BCUT2D eigenvalue weighted by molar-refractivity contribution is 5.78. The van der Waals surface area contributed by atoms with E-state index in [9.17, 15) is 22.4 Å². The third kappa shape index (κ3) is 3.71. The van der Waals surface area contributed by atoms with Crippen LogP contribution in [-0.4, -0.2) is 30.1 Å². The zero-order valence-electron chi connectivity index (χ0n) is 10.8. The largest absolute Gasteiger partial charge is 0.393 e. The van der Waals surface area contributed by atoms with Gasteiger partial charge >= 0.3 is 6.18 Å². The van der Waals surface area contributed by atoms with Crippen LogP contribution in [0.3, 0.4) is 0 Å². The van der Waals surface area contributed by atoms with Gasteiger partial charge in [-0.25, -0.2) is 4.39 Å². The van der Waals surface area contributed by atoms with Gasteiger partial charge in [-0.15, -0.1) is 0 Å². The molecule has 1 aliphatic heterocycles. The maximum atomic E-state index is 13.0. The van der Waals surface area contributed by atoms with E-state index in [2.05, 4.69) is 0 Å². The van der Waals surface area contributed by atoms with E-state index in [1.165, 1.54) is 23.1 Å². The number of alkyl halides is 3. The van der Waals surface area contributed by atoms with Gasteiger partial charge in [0.05, 0.1) is 12.3 Å². The van der Waals surface area contributed by atoms with Crippen molar-refractivity contribution in [3.8, 4) is 0 Å². The Kier molecular flexibility index (Phi) is 4.30. The summed E-state index contributed by atoms with van der Waals surface area (Å²) in [7, 11) is 0. The molecule has 0 saturated carbocycles. The Balaban J connectivity index is 1.99. The monoisotopic (exact) mass is 289 g/mol. The van der Waals surface area contributed by atoms with Crippen molar-refractivity contribution in [3.63, 3.8) is 0 Å². The lowest BCUT2D eigenvalue weighted by Crippen LogP contribution is -2.45. The Morgan fingerprint density at radius 2 is 2.10 bits per heavy atom. The summed E-state index contributed by atoms with van der Waals surface area (Å²) >= 11 is 0. The summed E-state index contributed by atoms with van der Waals surface area (Å²) in [6.07, 6.45) is -3.92. The average molecular weight is 289 g/mol. The van der Waals surface area contributed by atoms with Crippen LogP contribution in [0, 0.1) is 11.7 Å². The Bertz CT molecular complexity index is 486. The topological polar surface area (TPSA) is 20.3 Å². The fourth-order valence-corrected chi connectivity index (χ4v) is 2.40. The molecule has 0 aliphatic carbocycles. The summed E-state index contributed by atoms with van der Waals surface area (Å²) in [5, 5.41) is 0. The van der Waals surface area contributed by atoms with Crippen LogP contribution in [0.25, 0.3) is 0 Å². The van der Waals surface area contributed by atoms with Gasteiger partial charge < -0.3 is 4.90 Å². The second kappa shape index (κ2) is 5.81. The second-order valence-electron chi connectivity index (χ2n) is 5.03. The summed E-state index contributed by atoms with van der Waals surface area (Å²) < 4.78 is 51.0. The molecule has 6 heteroatoms. The molecule has 1 amide bonds. The van der Waals surface area contributed by atoms with Crippen LogP contribution in [0.15, 0.2) is 24.3 Å². The molecule has 0 N–H and O–H groups in total. The number of rotatable bonds is 2. The van der Waals surface area contributed by atoms with E-state index >= 15 is 0 Å². The molecule has 0 spiro atoms. The van der Waals surface area contributed by atoms with Crippen molar-refractivity contribution in [3.05, 3.63) is 35.6 Å². The average Bonchev–Trinajstić information content (AvgIpc) is 2.38. The van der Waals surface area contributed by atoms with Crippen molar-refractivity contribution in [2.24, 2.45) is 5.92 Å². The molecule has 2 nitrogen and oxygen atoms in total. The zero-order chi connectivity index (χ0) is 14.8. The van der Waals surface area contributed by atoms with Gasteiger partial charge in [0.15, 0.2) is 0 Å². The number of halogens is 4. The van der Waals surface area contributed by atoms with Crippen LogP contribution >= 0.6 is 0 Å². The second-order valence-corrected chi connectivity index (χ2v) is 5.03. The van der Waals surface area contributed by atoms with Crippen LogP contribution in [-0.2, 0) is 11.2 Å². The molecule has 1 saturated heterocycles. The zero-order valence-corrected chi connectivity index (χ0v) is 10.8. The van der Waals surface area contributed by atoms with E-state index in [-0.39, 0.29) is 25.3 Å². The van der Waals surface area contributed by atoms with Crippen molar-refractivity contribution >= 4 is 5.91 Å². The molecular formula is C14H15F4NO. The van der Waals surface area contributed by atoms with Crippen LogP contribution in [0.1, 0.15) is 18.4 Å². The van der Waals surface area contributed by atoms with Crippen LogP contribution < -0.4 is 0 Å². The van der Waals surface area contributed by atoms with E-state index in [0.717, 1.165) is 0 Å². The number of carbonyl (C=O) groups excluding carboxylic acids is 1. The Labute approximate surface area is 114 Å². The SMILES string of the molecule is O=C(Cc1cccc(F)c1)N1CCC[C@@H](C(F)(F)F)C1. The summed E-state index contributed by atoms with van der Waals surface area (Å²) in [6.45, 7) is 0.0401. The lowest BCUT2D eigenvalue weighted by atomic mass is 9.97. The fraction of sp³-hybridized carbons (Fsp3) is 0.500. The molecule has 20 heavy (non-hydrogen) atoms. The number of nitrogens with zero attached hydrogens (tertiary/aromatic N) is 1. The molecule has 0 bridgehead atoms. The fourth-order valence-electron chi connectivity index (χ4n) is 2.40. The molecule has 0 aromatic heterocycles. The van der Waals surface area contributed by atoms with Gasteiger partial charge in [0, 0.05) is 13.1 Å². The molecule has 1 aliphatic rings. The van der Waals surface area contributed by atoms with Crippen LogP contribution in [0.5, 0.6) is 0 Å². The van der Waals surface area contributed by atoms with Gasteiger partial charge in [-0.2, -0.15) is 13.2 Å². The Morgan fingerprint density at radius 1 is 1.35 bits per heavy atom. The van der Waals surface area contributed by atoms with E-state index in [0.29, 0.717) is 18.5 Å². The lowest BCUT2D eigenvalue weighted by Gasteiger charge is -2.33. The minimum absolute atomic E-state index is 0.0627. The number of piperidine rings is 1. The summed E-state index contributed by atoms with van der Waals surface area (Å²) in [6, 6.07) is 5.55. The first kappa shape index (κ1) is 14.8. The van der Waals surface area contributed by atoms with Crippen LogP contribution in [0.4, 0.5) is 17.6 Å². The van der Waals surface area contributed by atoms with Gasteiger partial charge in [-0.3, -0.25) is 4.79 Å². The molecule has 0 radical (unpaired) electrons. The minimum Gasteiger partial charge on any atom is -0.342 e. The Hall–Kier alpha value is -1.59. The molecular weight excluding hydrogens is 274 g/mol. The quantitative estimate of drug-likeness (QED) is 0.766. The van der Waals surface area contributed by atoms with Gasteiger partial charge in [0.2, 0.25) is 5.91 Å². The molecule has 1 aromatic carbocycles. The maximum absolute atomic E-state index is 13.0. The first-order valence-electron chi connectivity index (χ1n) is 6.45. The molecule has 2 rings (SSSR count). The van der Waals surface area contributed by atoms with Gasteiger partial charge in [-0.05, 0) is 30.5 Å². The van der Waals surface area contributed by atoms with E-state index in [4.69, 9.17) is 0 Å². The predicted molar refractivity (Wildman–Crippen MR) is 65.5 cm³/mol. The first-order chi connectivity index (χ1) is 9.36. The summed E-state index contributed by atoms with van der Waals surface area (Å²) in [4.78, 5) is 13.2. The van der Waals surface area contributed by atoms with Gasteiger partial charge in [0.25, 0.3) is 0 Å². The highest BCUT2D eigenvalue weighted by atomic mass is 19.4. The van der Waals surface area contributed by atoms with Crippen LogP contribution in [0.2, 0.25) is 0 Å². The molecule has 1 fully saturated rings. The van der Waals surface area contributed by atoms with Crippen molar-refractivity contribution in [1.29, 1.82) is 0 Å². The standard InChI is InChI=1S/C14H15F4NO/c15-12-5-1-3-10(7-12)8-13(20)19-6-2-4-11(9-19)14(16,17)18/h1,3,5,7,11H,2,4,6,8-9H2/t11-/m1/s1. The lowest BCUT2D eigenvalue weighted by molar-refractivity contribution is -0.187. The molecule has 110 valence electrons. The van der Waals surface area contributed by atoms with E-state index in [1.807, 2.05) is 0 Å². The van der Waals surface area contributed by atoms with Crippen molar-refractivity contribution in [1.82, 2.24) is 4.90 Å². The Morgan fingerprint density at radius 3 is 2.75 bits per heavy atom. The number of amides is 1. The smallest absolute Gasteiger partial charge is 0.342 e. The molecule has 1 heterocycles. The number of carbonyl (C=O) groups is 1. The highest BCUT2D eigenvalue weighted by Crippen LogP contribution is 2.33. The number of benzene rings is 1. The molecule has 1 atom stereocenters. The number of hydrogen-bond acceptors (Lipinski definition) is 1. The van der Waals surface area contributed by atoms with Crippen molar-refractivity contribution in [2.45, 2.75) is 25.4 Å². The summed E-state index contributed by atoms with van der Waals surface area (Å²) in [5.41, 5.74) is 0.476. The van der Waals surface area contributed by atoms with E-state index in [1.54, 1.807) is 6.07 Å². The predicted octanol–water partition coefficient (Wildman–Crippen LogP) is 3.17. The minimum atomic E-state index is -4.27. The number of hydrogen-bond donors (Lipinski definition) is 0. The van der Waals surface area contributed by atoms with Crippen molar-refractivity contribution in [2.75, 3.05) is 13.1 Å². The number of likely N-dealkylation sites (tertiary alicyclic amines) is 1. The maximum Gasteiger partial charge on any atom is 0.393 e. The highest BCUT2D eigenvalue weighted by Gasteiger charge is 2.42. The normalized spacial score (nSPS) is 20.0. The van der Waals surface area contributed by atoms with Gasteiger partial charge in [0.1, 0.15) is 5.82 Å². The van der Waals surface area contributed by atoms with Crippen molar-refractivity contribution < 1.29 is 22.4 Å². The third-order valence-electron chi connectivity index (χ3n) is 3.48. The molecule has 0 unspecified atom stereocenters. The summed E-state index contributed by atoms with van der Waals surface area (Å²) in [5.74, 6) is -2.29. The van der Waals surface area contributed by atoms with E-state index < -0.39 is 17.9 Å². The first-order valence-corrected chi connectivity index (χ1v) is 6.45. The third-order valence-corrected chi connectivity index (χ3v) is 3.48.